The Morgan fingerprint density at radius 2 is 2.00 bits per heavy atom. The number of aromatic nitrogens is 2. The van der Waals surface area contributed by atoms with Crippen molar-refractivity contribution in [2.75, 3.05) is 26.2 Å². The molecule has 2 aliphatic heterocycles. The van der Waals surface area contributed by atoms with Gasteiger partial charge in [0.2, 0.25) is 0 Å². The number of nitrogens with zero attached hydrogens (tertiary/aromatic N) is 2. The highest BCUT2D eigenvalue weighted by atomic mass is 35.5. The molecule has 0 unspecified atom stereocenters. The monoisotopic (exact) mass is 452 g/mol. The van der Waals surface area contributed by atoms with Crippen molar-refractivity contribution in [2.45, 2.75) is 24.2 Å². The third-order valence-corrected chi connectivity index (χ3v) is 7.51. The van der Waals surface area contributed by atoms with Crippen molar-refractivity contribution in [3.05, 3.63) is 63.6 Å². The Labute approximate surface area is 191 Å². The van der Waals surface area contributed by atoms with Crippen LogP contribution in [-0.2, 0) is 11.2 Å². The van der Waals surface area contributed by atoms with Gasteiger partial charge in [-0.25, -0.2) is 0 Å². The number of halogens is 1. The Morgan fingerprint density at radius 3 is 2.81 bits per heavy atom. The summed E-state index contributed by atoms with van der Waals surface area (Å²) in [6.45, 7) is 3.99. The van der Waals surface area contributed by atoms with E-state index in [0.717, 1.165) is 76.9 Å². The summed E-state index contributed by atoms with van der Waals surface area (Å²) in [5, 5.41) is 12.4. The molecule has 1 fully saturated rings. The smallest absolute Gasteiger partial charge is 0.258 e. The number of nitrogens with one attached hydrogen (secondary N) is 2. The highest BCUT2D eigenvalue weighted by Crippen LogP contribution is 2.39. The van der Waals surface area contributed by atoms with E-state index in [2.05, 4.69) is 32.5 Å². The molecular weight excluding hydrogens is 428 g/mol. The van der Waals surface area contributed by atoms with E-state index >= 15 is 0 Å². The van der Waals surface area contributed by atoms with Crippen LogP contribution in [0.2, 0.25) is 5.02 Å². The topological polar surface area (TPSA) is 61.0 Å². The number of benzene rings is 2. The second-order valence-electron chi connectivity index (χ2n) is 8.27. The molecule has 0 atom stereocenters. The number of hydrogen-bond donors (Lipinski definition) is 2. The number of carbonyl (C=O) groups excluding carboxylic acids is 1. The van der Waals surface area contributed by atoms with Crippen LogP contribution in [-0.4, -0.2) is 47.2 Å². The fourth-order valence-electron chi connectivity index (χ4n) is 4.32. The van der Waals surface area contributed by atoms with Crippen molar-refractivity contribution >= 4 is 46.2 Å². The molecule has 3 heterocycles. The minimum absolute atomic E-state index is 0.00687. The van der Waals surface area contributed by atoms with E-state index in [-0.39, 0.29) is 5.91 Å². The first-order valence-corrected chi connectivity index (χ1v) is 12.0. The lowest BCUT2D eigenvalue weighted by atomic mass is 9.96. The van der Waals surface area contributed by atoms with Crippen molar-refractivity contribution in [3.8, 4) is 0 Å². The summed E-state index contributed by atoms with van der Waals surface area (Å²) in [5.41, 5.74) is 3.19. The molecule has 0 saturated carbocycles. The van der Waals surface area contributed by atoms with Crippen molar-refractivity contribution in [3.63, 3.8) is 0 Å². The van der Waals surface area contributed by atoms with Crippen LogP contribution in [0.4, 0.5) is 0 Å². The van der Waals surface area contributed by atoms with Gasteiger partial charge in [-0.15, -0.1) is 0 Å². The van der Waals surface area contributed by atoms with Crippen molar-refractivity contribution in [1.82, 2.24) is 20.4 Å². The molecule has 0 aliphatic carbocycles. The van der Waals surface area contributed by atoms with E-state index in [0.29, 0.717) is 5.92 Å². The second kappa shape index (κ2) is 9.07. The Morgan fingerprint density at radius 1 is 1.19 bits per heavy atom. The number of hydrogen-bond acceptors (Lipinski definition) is 4. The second-order valence-corrected chi connectivity index (χ2v) is 9.79. The summed E-state index contributed by atoms with van der Waals surface area (Å²) in [4.78, 5) is 17.1. The minimum Gasteiger partial charge on any atom is -0.351 e. The van der Waals surface area contributed by atoms with E-state index in [1.54, 1.807) is 0 Å². The summed E-state index contributed by atoms with van der Waals surface area (Å²) in [6.07, 6.45) is 5.21. The van der Waals surface area contributed by atoms with E-state index in [9.17, 15) is 4.79 Å². The maximum absolute atomic E-state index is 12.8. The standard InChI is InChI=1S/C24H25ClN4OS/c25-18-6-4-16(5-7-18)8-11-29-12-9-17(10-13-29)15-26-24(30)22-14-20-23-19(27-28-20)2-1-3-21(23)31-22/h1-7,14,17H,8-13,15H2,(H,26,30)(H,27,28). The van der Waals surface area contributed by atoms with Gasteiger partial charge in [0.1, 0.15) is 0 Å². The fourth-order valence-corrected chi connectivity index (χ4v) is 5.48. The summed E-state index contributed by atoms with van der Waals surface area (Å²) >= 11 is 7.49. The van der Waals surface area contributed by atoms with Crippen LogP contribution in [0.15, 0.2) is 52.3 Å². The first-order valence-electron chi connectivity index (χ1n) is 10.8. The lowest BCUT2D eigenvalue weighted by Gasteiger charge is -2.32. The lowest BCUT2D eigenvalue weighted by Crippen LogP contribution is -2.39. The average molecular weight is 453 g/mol. The normalized spacial score (nSPS) is 17.0. The highest BCUT2D eigenvalue weighted by molar-refractivity contribution is 8.04. The molecule has 2 aromatic carbocycles. The Hall–Kier alpha value is -2.28. The summed E-state index contributed by atoms with van der Waals surface area (Å²) in [7, 11) is 0. The molecular formula is C24H25ClN4OS. The molecule has 3 aromatic rings. The van der Waals surface area contributed by atoms with E-state index in [1.807, 2.05) is 36.4 Å². The van der Waals surface area contributed by atoms with Gasteiger partial charge in [-0.05, 0) is 74.2 Å². The van der Waals surface area contributed by atoms with Gasteiger partial charge in [-0.2, -0.15) is 5.10 Å². The minimum atomic E-state index is 0.00687. The maximum Gasteiger partial charge on any atom is 0.258 e. The largest absolute Gasteiger partial charge is 0.351 e. The zero-order chi connectivity index (χ0) is 21.2. The van der Waals surface area contributed by atoms with Crippen molar-refractivity contribution in [1.29, 1.82) is 0 Å². The van der Waals surface area contributed by atoms with E-state index < -0.39 is 0 Å². The summed E-state index contributed by atoms with van der Waals surface area (Å²) < 4.78 is 0. The number of amides is 1. The summed E-state index contributed by atoms with van der Waals surface area (Å²) in [6, 6.07) is 14.1. The lowest BCUT2D eigenvalue weighted by molar-refractivity contribution is -0.117. The number of likely N-dealkylation sites (tertiary alicyclic amines) is 1. The summed E-state index contributed by atoms with van der Waals surface area (Å²) in [5.74, 6) is 0.545. The van der Waals surface area contributed by atoms with Crippen LogP contribution < -0.4 is 5.32 Å². The molecule has 160 valence electrons. The SMILES string of the molecule is O=C(NCC1CCN(CCc2ccc(Cl)cc2)CC1)C1=Cc2[nH]nc3cccc(c23)S1. The number of aromatic amines is 1. The van der Waals surface area contributed by atoms with Crippen LogP contribution in [0, 0.1) is 5.92 Å². The first-order chi connectivity index (χ1) is 15.2. The fraction of sp³-hybridized carbons (Fsp3) is 0.333. The number of H-pyrrole nitrogens is 1. The van der Waals surface area contributed by atoms with Gasteiger partial charge in [0.15, 0.2) is 0 Å². The molecule has 1 saturated heterocycles. The van der Waals surface area contributed by atoms with Crippen LogP contribution in [0.5, 0.6) is 0 Å². The quantitative estimate of drug-likeness (QED) is 0.567. The number of piperidine rings is 1. The van der Waals surface area contributed by atoms with Gasteiger partial charge in [0.05, 0.1) is 16.1 Å². The van der Waals surface area contributed by atoms with Crippen molar-refractivity contribution < 1.29 is 4.79 Å². The molecule has 2 aliphatic rings. The molecule has 1 amide bonds. The third kappa shape index (κ3) is 4.66. The van der Waals surface area contributed by atoms with Gasteiger partial charge in [0, 0.05) is 28.4 Å². The molecule has 0 spiro atoms. The zero-order valence-corrected chi connectivity index (χ0v) is 18.8. The number of thioether (sulfide) groups is 1. The van der Waals surface area contributed by atoms with Crippen molar-refractivity contribution in [2.24, 2.45) is 5.92 Å². The van der Waals surface area contributed by atoms with Crippen LogP contribution >= 0.6 is 23.4 Å². The Balaban J connectivity index is 1.09. The highest BCUT2D eigenvalue weighted by Gasteiger charge is 2.23. The molecule has 0 radical (unpaired) electrons. The van der Waals surface area contributed by atoms with E-state index in [1.165, 1.54) is 17.3 Å². The van der Waals surface area contributed by atoms with Gasteiger partial charge in [-0.3, -0.25) is 9.89 Å². The van der Waals surface area contributed by atoms with Gasteiger partial charge in [-0.1, -0.05) is 41.6 Å². The third-order valence-electron chi connectivity index (χ3n) is 6.18. The van der Waals surface area contributed by atoms with Crippen LogP contribution in [0.1, 0.15) is 24.1 Å². The molecule has 7 heteroatoms. The maximum atomic E-state index is 12.8. The van der Waals surface area contributed by atoms with Crippen LogP contribution in [0.25, 0.3) is 17.0 Å². The first kappa shape index (κ1) is 20.6. The van der Waals surface area contributed by atoms with Crippen LogP contribution in [0.3, 0.4) is 0 Å². The number of rotatable bonds is 6. The van der Waals surface area contributed by atoms with Gasteiger partial charge < -0.3 is 10.2 Å². The Kier molecular flexibility index (Phi) is 6.03. The predicted molar refractivity (Wildman–Crippen MR) is 127 cm³/mol. The molecule has 31 heavy (non-hydrogen) atoms. The van der Waals surface area contributed by atoms with E-state index in [4.69, 9.17) is 11.6 Å². The molecule has 0 bridgehead atoms. The van der Waals surface area contributed by atoms with Gasteiger partial charge in [0.25, 0.3) is 5.91 Å². The van der Waals surface area contributed by atoms with Gasteiger partial charge >= 0.3 is 0 Å². The Bertz CT molecular complexity index is 1120. The molecule has 2 N–H and O–H groups in total. The molecule has 5 nitrogen and oxygen atoms in total. The molecule has 1 aromatic heterocycles. The zero-order valence-electron chi connectivity index (χ0n) is 17.2. The predicted octanol–water partition coefficient (Wildman–Crippen LogP) is 4.73. The molecule has 5 rings (SSSR count). The number of carbonyl (C=O) groups is 1. The average Bonchev–Trinajstić information content (AvgIpc) is 3.22.